The molecule has 7 nitrogen and oxygen atoms in total. The number of hydrogen-bond donors (Lipinski definition) is 3. The summed E-state index contributed by atoms with van der Waals surface area (Å²) in [5.74, 6) is -1.06. The van der Waals surface area contributed by atoms with Crippen molar-refractivity contribution in [3.63, 3.8) is 0 Å². The number of nitrogens with one attached hydrogen (secondary N) is 1. The Morgan fingerprint density at radius 1 is 1.25 bits per heavy atom. The van der Waals surface area contributed by atoms with Crippen molar-refractivity contribution in [2.24, 2.45) is 0 Å². The van der Waals surface area contributed by atoms with Crippen LogP contribution in [-0.4, -0.2) is 30.3 Å². The van der Waals surface area contributed by atoms with Crippen molar-refractivity contribution >= 4 is 53.7 Å². The van der Waals surface area contributed by atoms with Crippen LogP contribution in [0.1, 0.15) is 10.6 Å². The number of carbonyl (C=O) groups is 2. The highest BCUT2D eigenvalue weighted by Gasteiger charge is 2.17. The molecule has 0 fully saturated rings. The third-order valence-electron chi connectivity index (χ3n) is 2.72. The molecule has 2 aromatic rings. The number of carbonyl (C=O) groups excluding carboxylic acids is 1. The molecule has 0 radical (unpaired) electrons. The molecule has 0 atom stereocenters. The lowest BCUT2D eigenvalue weighted by molar-refractivity contribution is 0.0662. The van der Waals surface area contributed by atoms with Gasteiger partial charge in [0.05, 0.1) is 12.2 Å². The molecule has 0 unspecified atom stereocenters. The van der Waals surface area contributed by atoms with E-state index >= 15 is 0 Å². The van der Waals surface area contributed by atoms with Crippen LogP contribution >= 0.6 is 36.0 Å². The zero-order valence-electron chi connectivity index (χ0n) is 12.0. The van der Waals surface area contributed by atoms with Gasteiger partial charge in [0.25, 0.3) is 0 Å². The van der Waals surface area contributed by atoms with E-state index in [1.54, 1.807) is 18.2 Å². The summed E-state index contributed by atoms with van der Waals surface area (Å²) in [6.45, 7) is 0.361. The predicted octanol–water partition coefficient (Wildman–Crippen LogP) is 3.72. The zero-order valence-corrected chi connectivity index (χ0v) is 14.4. The van der Waals surface area contributed by atoms with E-state index in [0.29, 0.717) is 15.8 Å². The van der Waals surface area contributed by atoms with Crippen LogP contribution in [0, 0.1) is 0 Å². The SMILES string of the molecule is O=C(O)c1cc(N(S)C(=O)NCCOc2cc(Cl)cc(Cl)c2)co1. The van der Waals surface area contributed by atoms with E-state index in [2.05, 4.69) is 18.1 Å². The Kier molecular flexibility index (Phi) is 6.24. The van der Waals surface area contributed by atoms with E-state index in [-0.39, 0.29) is 24.6 Å². The Morgan fingerprint density at radius 2 is 1.92 bits per heavy atom. The Hall–Kier alpha value is -2.03. The van der Waals surface area contributed by atoms with E-state index in [0.717, 1.165) is 10.6 Å². The van der Waals surface area contributed by atoms with E-state index < -0.39 is 12.0 Å². The number of thiol groups is 1. The molecule has 1 aromatic carbocycles. The van der Waals surface area contributed by atoms with Crippen LogP contribution in [0.4, 0.5) is 10.5 Å². The van der Waals surface area contributed by atoms with Crippen molar-refractivity contribution in [1.82, 2.24) is 5.32 Å². The second kappa shape index (κ2) is 8.18. The Labute approximate surface area is 152 Å². The number of nitrogens with zero attached hydrogens (tertiary/aromatic N) is 1. The average molecular weight is 391 g/mol. The first-order valence-electron chi connectivity index (χ1n) is 6.54. The van der Waals surface area contributed by atoms with Gasteiger partial charge in [-0.1, -0.05) is 36.0 Å². The Bertz CT molecular complexity index is 732. The number of amides is 2. The van der Waals surface area contributed by atoms with Gasteiger partial charge in [-0.15, -0.1) is 0 Å². The lowest BCUT2D eigenvalue weighted by Gasteiger charge is -2.14. The van der Waals surface area contributed by atoms with Crippen molar-refractivity contribution in [2.75, 3.05) is 17.5 Å². The molecule has 0 bridgehead atoms. The molecule has 2 rings (SSSR count). The normalized spacial score (nSPS) is 10.3. The molecule has 0 aliphatic heterocycles. The van der Waals surface area contributed by atoms with E-state index in [9.17, 15) is 9.59 Å². The highest BCUT2D eigenvalue weighted by Crippen LogP contribution is 2.24. The second-order valence-electron chi connectivity index (χ2n) is 4.47. The lowest BCUT2D eigenvalue weighted by Crippen LogP contribution is -2.36. The maximum atomic E-state index is 11.9. The third-order valence-corrected chi connectivity index (χ3v) is 3.57. The first-order valence-corrected chi connectivity index (χ1v) is 7.70. The van der Waals surface area contributed by atoms with E-state index in [1.165, 1.54) is 6.07 Å². The molecule has 0 saturated carbocycles. The summed E-state index contributed by atoms with van der Waals surface area (Å²) in [4.78, 5) is 22.6. The summed E-state index contributed by atoms with van der Waals surface area (Å²) in [5, 5.41) is 12.2. The van der Waals surface area contributed by atoms with Gasteiger partial charge in [0.15, 0.2) is 0 Å². The fraction of sp³-hybridized carbons (Fsp3) is 0.143. The highest BCUT2D eigenvalue weighted by molar-refractivity contribution is 7.82. The smallest absolute Gasteiger partial charge is 0.371 e. The molecule has 0 saturated heterocycles. The van der Waals surface area contributed by atoms with Crippen molar-refractivity contribution in [3.05, 3.63) is 46.3 Å². The topological polar surface area (TPSA) is 92.0 Å². The monoisotopic (exact) mass is 390 g/mol. The van der Waals surface area contributed by atoms with Crippen LogP contribution in [0.5, 0.6) is 5.75 Å². The van der Waals surface area contributed by atoms with Crippen LogP contribution < -0.4 is 14.4 Å². The van der Waals surface area contributed by atoms with E-state index in [1.807, 2.05) is 0 Å². The minimum Gasteiger partial charge on any atom is -0.492 e. The summed E-state index contributed by atoms with van der Waals surface area (Å²) >= 11 is 15.7. The molecular formula is C14H12Cl2N2O5S. The fourth-order valence-electron chi connectivity index (χ4n) is 1.68. The van der Waals surface area contributed by atoms with Gasteiger partial charge in [-0.2, -0.15) is 0 Å². The number of rotatable bonds is 6. The fourth-order valence-corrected chi connectivity index (χ4v) is 2.36. The molecular weight excluding hydrogens is 379 g/mol. The maximum Gasteiger partial charge on any atom is 0.371 e. The number of furan rings is 1. The van der Waals surface area contributed by atoms with Crippen LogP contribution in [0.2, 0.25) is 10.0 Å². The first-order chi connectivity index (χ1) is 11.4. The number of aromatic carboxylic acids is 1. The highest BCUT2D eigenvalue weighted by atomic mass is 35.5. The van der Waals surface area contributed by atoms with Crippen LogP contribution in [-0.2, 0) is 0 Å². The number of carboxylic acids is 1. The summed E-state index contributed by atoms with van der Waals surface area (Å²) in [5.41, 5.74) is 0.191. The van der Waals surface area contributed by atoms with Crippen molar-refractivity contribution in [3.8, 4) is 5.75 Å². The van der Waals surface area contributed by atoms with Crippen molar-refractivity contribution < 1.29 is 23.8 Å². The standard InChI is InChI=1S/C14H12Cl2N2O5S/c15-8-3-9(16)5-11(4-8)22-2-1-17-14(21)18(24)10-6-12(13(19)20)23-7-10/h3-7,24H,1-2H2,(H,17,21)(H,19,20). The number of benzene rings is 1. The third kappa shape index (κ3) is 4.98. The molecule has 128 valence electrons. The minimum atomic E-state index is -1.24. The summed E-state index contributed by atoms with van der Waals surface area (Å²) in [7, 11) is 0. The minimum absolute atomic E-state index is 0.176. The lowest BCUT2D eigenvalue weighted by atomic mass is 10.3. The second-order valence-corrected chi connectivity index (χ2v) is 5.74. The molecule has 10 heteroatoms. The van der Waals surface area contributed by atoms with Gasteiger partial charge in [-0.25, -0.2) is 13.9 Å². The summed E-state index contributed by atoms with van der Waals surface area (Å²) in [6, 6.07) is 5.38. The number of ether oxygens (including phenoxy) is 1. The van der Waals surface area contributed by atoms with Crippen LogP contribution in [0.25, 0.3) is 0 Å². The van der Waals surface area contributed by atoms with Crippen LogP contribution in [0.15, 0.2) is 34.9 Å². The molecule has 2 amide bonds. The maximum absolute atomic E-state index is 11.9. The summed E-state index contributed by atoms with van der Waals surface area (Å²) < 4.78 is 11.1. The molecule has 24 heavy (non-hydrogen) atoms. The van der Waals surface area contributed by atoms with Gasteiger partial charge in [0.2, 0.25) is 5.76 Å². The number of carboxylic acid groups (broad SMARTS) is 1. The van der Waals surface area contributed by atoms with Gasteiger partial charge in [0, 0.05) is 16.1 Å². The van der Waals surface area contributed by atoms with Gasteiger partial charge in [0.1, 0.15) is 18.6 Å². The Morgan fingerprint density at radius 3 is 2.50 bits per heavy atom. The van der Waals surface area contributed by atoms with E-state index in [4.69, 9.17) is 37.5 Å². The largest absolute Gasteiger partial charge is 0.492 e. The molecule has 0 spiro atoms. The number of halogens is 2. The predicted molar refractivity (Wildman–Crippen MR) is 92.5 cm³/mol. The average Bonchev–Trinajstić information content (AvgIpc) is 2.99. The zero-order chi connectivity index (χ0) is 17.7. The molecule has 2 N–H and O–H groups in total. The number of anilines is 1. The van der Waals surface area contributed by atoms with Gasteiger partial charge >= 0.3 is 12.0 Å². The van der Waals surface area contributed by atoms with Crippen molar-refractivity contribution in [1.29, 1.82) is 0 Å². The van der Waals surface area contributed by atoms with Gasteiger partial charge in [-0.3, -0.25) is 0 Å². The molecule has 1 aromatic heterocycles. The quantitative estimate of drug-likeness (QED) is 0.516. The Balaban J connectivity index is 1.80. The molecule has 0 aliphatic rings. The first kappa shape index (κ1) is 18.3. The number of hydrogen-bond acceptors (Lipinski definition) is 5. The van der Waals surface area contributed by atoms with Gasteiger partial charge < -0.3 is 19.6 Å². The summed E-state index contributed by atoms with van der Waals surface area (Å²) in [6.07, 6.45) is 1.11. The van der Waals surface area contributed by atoms with Gasteiger partial charge in [-0.05, 0) is 18.2 Å². The number of urea groups is 1. The molecule has 1 heterocycles. The van der Waals surface area contributed by atoms with Crippen LogP contribution in [0.3, 0.4) is 0 Å². The van der Waals surface area contributed by atoms with Crippen molar-refractivity contribution in [2.45, 2.75) is 0 Å². The molecule has 0 aliphatic carbocycles.